The summed E-state index contributed by atoms with van der Waals surface area (Å²) in [5.41, 5.74) is 0.802. The molecule has 29 heavy (non-hydrogen) atoms. The van der Waals surface area contributed by atoms with Crippen LogP contribution < -0.4 is 9.64 Å². The number of fused-ring (bicyclic) bond motifs is 1. The maximum absolute atomic E-state index is 12.5. The minimum atomic E-state index is 0.228. The van der Waals surface area contributed by atoms with Crippen LogP contribution in [0.4, 0.5) is 5.13 Å². The molecule has 0 saturated carbocycles. The zero-order chi connectivity index (χ0) is 20.2. The van der Waals surface area contributed by atoms with Crippen molar-refractivity contribution in [1.29, 1.82) is 0 Å². The Morgan fingerprint density at radius 3 is 2.66 bits per heavy atom. The summed E-state index contributed by atoms with van der Waals surface area (Å²) in [5, 5.41) is 1.52. The van der Waals surface area contributed by atoms with Gasteiger partial charge in [-0.1, -0.05) is 41.1 Å². The first kappa shape index (κ1) is 20.3. The van der Waals surface area contributed by atoms with Crippen LogP contribution >= 0.6 is 34.7 Å². The number of thioether (sulfide) groups is 1. The molecule has 0 aliphatic carbocycles. The van der Waals surface area contributed by atoms with E-state index in [-0.39, 0.29) is 5.91 Å². The third-order valence-corrected chi connectivity index (χ3v) is 7.28. The minimum absolute atomic E-state index is 0.228. The van der Waals surface area contributed by atoms with Gasteiger partial charge < -0.3 is 14.5 Å². The fourth-order valence-electron chi connectivity index (χ4n) is 3.34. The van der Waals surface area contributed by atoms with Crippen LogP contribution in [0.15, 0.2) is 47.4 Å². The molecule has 3 aromatic rings. The van der Waals surface area contributed by atoms with Gasteiger partial charge in [-0.15, -0.1) is 11.8 Å². The summed E-state index contributed by atoms with van der Waals surface area (Å²) < 4.78 is 6.47. The van der Waals surface area contributed by atoms with Gasteiger partial charge in [-0.3, -0.25) is 4.79 Å². The summed E-state index contributed by atoms with van der Waals surface area (Å²) >= 11 is 9.57. The quantitative estimate of drug-likeness (QED) is 0.508. The van der Waals surface area contributed by atoms with Crippen LogP contribution in [0.3, 0.4) is 0 Å². The summed E-state index contributed by atoms with van der Waals surface area (Å²) in [6, 6.07) is 14.0. The zero-order valence-corrected chi connectivity index (χ0v) is 18.5. The molecule has 0 unspecified atom stereocenters. The molecule has 2 aromatic carbocycles. The van der Waals surface area contributed by atoms with Crippen molar-refractivity contribution < 1.29 is 9.53 Å². The van der Waals surface area contributed by atoms with Gasteiger partial charge in [-0.2, -0.15) is 0 Å². The third-order valence-electron chi connectivity index (χ3n) is 4.89. The number of hydrogen-bond donors (Lipinski definition) is 0. The van der Waals surface area contributed by atoms with Crippen molar-refractivity contribution in [3.8, 4) is 5.75 Å². The topological polar surface area (TPSA) is 45.7 Å². The highest BCUT2D eigenvalue weighted by Gasteiger charge is 2.23. The smallest absolute Gasteiger partial charge is 0.223 e. The van der Waals surface area contributed by atoms with Crippen molar-refractivity contribution in [2.24, 2.45) is 0 Å². The lowest BCUT2D eigenvalue weighted by Crippen LogP contribution is -2.48. The number of piperazine rings is 1. The lowest BCUT2D eigenvalue weighted by molar-refractivity contribution is -0.131. The van der Waals surface area contributed by atoms with E-state index in [1.54, 1.807) is 30.2 Å². The Bertz CT molecular complexity index is 988. The number of amides is 1. The summed E-state index contributed by atoms with van der Waals surface area (Å²) in [6.07, 6.45) is 0.566. The molecule has 1 aliphatic rings. The second kappa shape index (κ2) is 9.24. The van der Waals surface area contributed by atoms with Crippen molar-refractivity contribution in [3.05, 3.63) is 47.5 Å². The van der Waals surface area contributed by atoms with E-state index in [2.05, 4.69) is 17.0 Å². The molecule has 2 heterocycles. The maximum atomic E-state index is 12.5. The third kappa shape index (κ3) is 4.63. The van der Waals surface area contributed by atoms with Crippen LogP contribution in [0.25, 0.3) is 10.2 Å². The SMILES string of the molecule is COc1c(Cl)ccc2sc(N3CCN(C(=O)CCSc4ccccc4)CC3)nc12. The van der Waals surface area contributed by atoms with E-state index in [1.165, 1.54) is 4.90 Å². The number of ether oxygens (including phenoxy) is 1. The predicted molar refractivity (Wildman–Crippen MR) is 122 cm³/mol. The molecule has 0 spiro atoms. The first-order valence-corrected chi connectivity index (χ1v) is 11.7. The van der Waals surface area contributed by atoms with Crippen LogP contribution in [0.5, 0.6) is 5.75 Å². The minimum Gasteiger partial charge on any atom is -0.493 e. The number of benzene rings is 2. The Hall–Kier alpha value is -1.96. The Kier molecular flexibility index (Phi) is 6.47. The van der Waals surface area contributed by atoms with Gasteiger partial charge in [-0.05, 0) is 24.3 Å². The van der Waals surface area contributed by atoms with Gasteiger partial charge in [0, 0.05) is 43.2 Å². The zero-order valence-electron chi connectivity index (χ0n) is 16.1. The van der Waals surface area contributed by atoms with E-state index in [1.807, 2.05) is 35.2 Å². The molecule has 152 valence electrons. The molecule has 1 fully saturated rings. The van der Waals surface area contributed by atoms with Crippen LogP contribution in [-0.4, -0.2) is 54.8 Å². The van der Waals surface area contributed by atoms with E-state index >= 15 is 0 Å². The Balaban J connectivity index is 1.32. The number of thiazole rings is 1. The summed E-state index contributed by atoms with van der Waals surface area (Å²) in [6.45, 7) is 3.02. The van der Waals surface area contributed by atoms with E-state index in [0.29, 0.717) is 17.2 Å². The number of halogens is 1. The molecule has 0 N–H and O–H groups in total. The van der Waals surface area contributed by atoms with Gasteiger partial charge in [0.15, 0.2) is 10.9 Å². The van der Waals surface area contributed by atoms with E-state index in [0.717, 1.165) is 47.3 Å². The Morgan fingerprint density at radius 2 is 1.93 bits per heavy atom. The molecular formula is C21H22ClN3O2S2. The first-order chi connectivity index (χ1) is 14.2. The molecule has 0 bridgehead atoms. The summed E-state index contributed by atoms with van der Waals surface area (Å²) in [5.74, 6) is 1.66. The lowest BCUT2D eigenvalue weighted by Gasteiger charge is -2.34. The molecule has 0 radical (unpaired) electrons. The average Bonchev–Trinajstić information content (AvgIpc) is 3.19. The fraction of sp³-hybridized carbons (Fsp3) is 0.333. The maximum Gasteiger partial charge on any atom is 0.223 e. The second-order valence-electron chi connectivity index (χ2n) is 6.70. The Morgan fingerprint density at radius 1 is 1.17 bits per heavy atom. The van der Waals surface area contributed by atoms with Gasteiger partial charge in [0.2, 0.25) is 5.91 Å². The first-order valence-electron chi connectivity index (χ1n) is 9.49. The van der Waals surface area contributed by atoms with Crippen molar-refractivity contribution in [2.45, 2.75) is 11.3 Å². The number of anilines is 1. The molecule has 1 saturated heterocycles. The molecule has 5 nitrogen and oxygen atoms in total. The number of carbonyl (C=O) groups excluding carboxylic acids is 1. The molecular weight excluding hydrogens is 426 g/mol. The van der Waals surface area contributed by atoms with Crippen molar-refractivity contribution in [2.75, 3.05) is 43.9 Å². The standard InChI is InChI=1S/C21H22ClN3O2S2/c1-27-20-16(22)7-8-17-19(20)23-21(29-17)25-12-10-24(11-13-25)18(26)9-14-28-15-5-3-2-4-6-15/h2-8H,9-14H2,1H3. The van der Waals surface area contributed by atoms with Gasteiger partial charge in [-0.25, -0.2) is 4.98 Å². The number of hydrogen-bond acceptors (Lipinski definition) is 6. The van der Waals surface area contributed by atoms with Gasteiger partial charge in [0.05, 0.1) is 16.8 Å². The monoisotopic (exact) mass is 447 g/mol. The normalized spacial score (nSPS) is 14.4. The molecule has 0 atom stereocenters. The van der Waals surface area contributed by atoms with Crippen LogP contribution in [0.2, 0.25) is 5.02 Å². The fourth-order valence-corrected chi connectivity index (χ4v) is 5.45. The number of rotatable bonds is 6. The molecule has 1 aliphatic heterocycles. The van der Waals surface area contributed by atoms with Gasteiger partial charge in [0.25, 0.3) is 0 Å². The van der Waals surface area contributed by atoms with Crippen molar-refractivity contribution in [3.63, 3.8) is 0 Å². The molecule has 1 amide bonds. The largest absolute Gasteiger partial charge is 0.493 e. The Labute approximate surface area is 183 Å². The summed E-state index contributed by atoms with van der Waals surface area (Å²) in [7, 11) is 1.61. The van der Waals surface area contributed by atoms with Crippen molar-refractivity contribution in [1.82, 2.24) is 9.88 Å². The van der Waals surface area contributed by atoms with E-state index in [9.17, 15) is 4.79 Å². The van der Waals surface area contributed by atoms with Gasteiger partial charge >= 0.3 is 0 Å². The highest BCUT2D eigenvalue weighted by Crippen LogP contribution is 2.38. The molecule has 8 heteroatoms. The van der Waals surface area contributed by atoms with E-state index < -0.39 is 0 Å². The number of nitrogens with zero attached hydrogens (tertiary/aromatic N) is 3. The highest BCUT2D eigenvalue weighted by atomic mass is 35.5. The summed E-state index contributed by atoms with van der Waals surface area (Å²) in [4.78, 5) is 22.7. The van der Waals surface area contributed by atoms with Crippen LogP contribution in [0, 0.1) is 0 Å². The number of methoxy groups -OCH3 is 1. The lowest BCUT2D eigenvalue weighted by atomic mass is 10.3. The van der Waals surface area contributed by atoms with Crippen molar-refractivity contribution >= 4 is 56.0 Å². The molecule has 4 rings (SSSR count). The molecule has 1 aromatic heterocycles. The van der Waals surface area contributed by atoms with Crippen LogP contribution in [-0.2, 0) is 4.79 Å². The number of carbonyl (C=O) groups is 1. The van der Waals surface area contributed by atoms with Gasteiger partial charge in [0.1, 0.15) is 5.52 Å². The average molecular weight is 448 g/mol. The second-order valence-corrected chi connectivity index (χ2v) is 9.29. The number of aromatic nitrogens is 1. The van der Waals surface area contributed by atoms with Crippen LogP contribution in [0.1, 0.15) is 6.42 Å². The van der Waals surface area contributed by atoms with E-state index in [4.69, 9.17) is 21.3 Å². The highest BCUT2D eigenvalue weighted by molar-refractivity contribution is 7.99. The predicted octanol–water partition coefficient (Wildman–Crippen LogP) is 4.79.